The molecule has 2 N–H and O–H groups in total. The molecule has 1 aromatic rings. The molecule has 0 amide bonds. The van der Waals surface area contributed by atoms with Gasteiger partial charge in [0, 0.05) is 0 Å². The fraction of sp³-hybridized carbons (Fsp3) is 0.571. The average Bonchev–Trinajstić information content (AvgIpc) is 2.36. The summed E-state index contributed by atoms with van der Waals surface area (Å²) in [7, 11) is 0. The predicted octanol–water partition coefficient (Wildman–Crippen LogP) is 4.49. The largest absolute Gasteiger partial charge is 0.573 e. The van der Waals surface area contributed by atoms with Gasteiger partial charge in [-0.2, -0.15) is 0 Å². The van der Waals surface area contributed by atoms with Crippen LogP contribution in [0.4, 0.5) is 13.2 Å². The molecule has 0 saturated heterocycles. The molecule has 0 heterocycles. The van der Waals surface area contributed by atoms with Crippen molar-refractivity contribution in [2.45, 2.75) is 33.1 Å². The van der Waals surface area contributed by atoms with Gasteiger partial charge in [0.2, 0.25) is 0 Å². The van der Waals surface area contributed by atoms with Crippen molar-refractivity contribution in [2.75, 3.05) is 13.2 Å². The Morgan fingerprint density at radius 2 is 1.90 bits per heavy atom. The number of alkyl halides is 3. The van der Waals surface area contributed by atoms with Gasteiger partial charge in [0.1, 0.15) is 11.5 Å². The molecule has 0 unspecified atom stereocenters. The van der Waals surface area contributed by atoms with Gasteiger partial charge in [-0.05, 0) is 58.9 Å². The molecule has 7 heteroatoms. The Kier molecular flexibility index (Phi) is 6.34. The van der Waals surface area contributed by atoms with Crippen LogP contribution in [0.5, 0.6) is 11.5 Å². The summed E-state index contributed by atoms with van der Waals surface area (Å²) in [6.45, 7) is 5.23. The number of halogens is 4. The number of benzene rings is 1. The normalized spacial score (nSPS) is 12.3. The van der Waals surface area contributed by atoms with E-state index >= 15 is 0 Å². The Labute approximate surface area is 130 Å². The minimum atomic E-state index is -4.71. The molecule has 0 aliphatic rings. The van der Waals surface area contributed by atoms with Crippen LogP contribution in [0.15, 0.2) is 22.7 Å². The summed E-state index contributed by atoms with van der Waals surface area (Å²) in [4.78, 5) is 0. The van der Waals surface area contributed by atoms with Crippen molar-refractivity contribution in [3.8, 4) is 11.5 Å². The van der Waals surface area contributed by atoms with Crippen molar-refractivity contribution >= 4 is 15.9 Å². The van der Waals surface area contributed by atoms with Crippen molar-refractivity contribution < 1.29 is 22.6 Å². The standard InChI is InChI=1S/C14H19BrF3NO2/c1-13(2,9-19)6-3-7-20-10-4-5-12(11(15)8-10)21-14(16,17)18/h4-5,8H,3,6-7,9,19H2,1-2H3. The smallest absolute Gasteiger partial charge is 0.494 e. The van der Waals surface area contributed by atoms with E-state index in [2.05, 4.69) is 34.5 Å². The second kappa shape index (κ2) is 7.35. The molecule has 21 heavy (non-hydrogen) atoms. The van der Waals surface area contributed by atoms with Gasteiger partial charge in [0.05, 0.1) is 11.1 Å². The lowest BCUT2D eigenvalue weighted by molar-refractivity contribution is -0.274. The van der Waals surface area contributed by atoms with Gasteiger partial charge in [-0.1, -0.05) is 13.8 Å². The highest BCUT2D eigenvalue weighted by molar-refractivity contribution is 9.10. The number of hydrogen-bond acceptors (Lipinski definition) is 3. The summed E-state index contributed by atoms with van der Waals surface area (Å²) in [6, 6.07) is 4.12. The summed E-state index contributed by atoms with van der Waals surface area (Å²) in [5.41, 5.74) is 5.70. The molecule has 0 radical (unpaired) electrons. The van der Waals surface area contributed by atoms with Crippen molar-refractivity contribution in [3.05, 3.63) is 22.7 Å². The van der Waals surface area contributed by atoms with Gasteiger partial charge in [0.25, 0.3) is 0 Å². The minimum Gasteiger partial charge on any atom is -0.494 e. The molecule has 0 aliphatic carbocycles. The SMILES string of the molecule is CC(C)(CN)CCCOc1ccc(OC(F)(F)F)c(Br)c1. The zero-order valence-electron chi connectivity index (χ0n) is 12.0. The summed E-state index contributed by atoms with van der Waals surface area (Å²) in [6.07, 6.45) is -2.97. The van der Waals surface area contributed by atoms with E-state index in [1.807, 2.05) is 0 Å². The second-order valence-corrected chi connectivity index (χ2v) is 6.31. The second-order valence-electron chi connectivity index (χ2n) is 5.46. The molecular weight excluding hydrogens is 351 g/mol. The van der Waals surface area contributed by atoms with Crippen LogP contribution in [-0.2, 0) is 0 Å². The van der Waals surface area contributed by atoms with Gasteiger partial charge in [-0.3, -0.25) is 0 Å². The Morgan fingerprint density at radius 1 is 1.24 bits per heavy atom. The summed E-state index contributed by atoms with van der Waals surface area (Å²) < 4.78 is 45.9. The number of rotatable bonds is 7. The van der Waals surface area contributed by atoms with Crippen LogP contribution in [0.2, 0.25) is 0 Å². The van der Waals surface area contributed by atoms with Gasteiger partial charge in [-0.15, -0.1) is 13.2 Å². The number of nitrogens with two attached hydrogens (primary N) is 1. The van der Waals surface area contributed by atoms with E-state index in [-0.39, 0.29) is 15.6 Å². The van der Waals surface area contributed by atoms with Crippen LogP contribution in [0, 0.1) is 5.41 Å². The number of ether oxygens (including phenoxy) is 2. The van der Waals surface area contributed by atoms with E-state index in [9.17, 15) is 13.2 Å². The highest BCUT2D eigenvalue weighted by atomic mass is 79.9. The molecule has 1 aromatic carbocycles. The van der Waals surface area contributed by atoms with E-state index in [4.69, 9.17) is 10.5 Å². The van der Waals surface area contributed by atoms with E-state index in [1.165, 1.54) is 18.2 Å². The maximum absolute atomic E-state index is 12.1. The van der Waals surface area contributed by atoms with Crippen molar-refractivity contribution in [1.82, 2.24) is 0 Å². The third-order valence-corrected chi connectivity index (χ3v) is 3.57. The van der Waals surface area contributed by atoms with Crippen molar-refractivity contribution in [1.29, 1.82) is 0 Å². The third kappa shape index (κ3) is 7.04. The maximum atomic E-state index is 12.1. The molecule has 0 aromatic heterocycles. The van der Waals surface area contributed by atoms with Crippen LogP contribution in [0.3, 0.4) is 0 Å². The topological polar surface area (TPSA) is 44.5 Å². The molecule has 0 atom stereocenters. The third-order valence-electron chi connectivity index (χ3n) is 2.95. The van der Waals surface area contributed by atoms with Crippen LogP contribution < -0.4 is 15.2 Å². The molecule has 1 rings (SSSR count). The Bertz CT molecular complexity index is 464. The molecule has 0 bridgehead atoms. The zero-order chi connectivity index (χ0) is 16.1. The summed E-state index contributed by atoms with van der Waals surface area (Å²) >= 11 is 3.03. The van der Waals surface area contributed by atoms with Crippen LogP contribution in [0.25, 0.3) is 0 Å². The molecular formula is C14H19BrF3NO2. The summed E-state index contributed by atoms with van der Waals surface area (Å²) in [5, 5.41) is 0. The van der Waals surface area contributed by atoms with E-state index in [0.29, 0.717) is 18.9 Å². The fourth-order valence-electron chi connectivity index (χ4n) is 1.62. The maximum Gasteiger partial charge on any atom is 0.573 e. The average molecular weight is 370 g/mol. The Morgan fingerprint density at radius 3 is 2.43 bits per heavy atom. The quantitative estimate of drug-likeness (QED) is 0.720. The fourth-order valence-corrected chi connectivity index (χ4v) is 2.06. The number of hydrogen-bond donors (Lipinski definition) is 1. The zero-order valence-corrected chi connectivity index (χ0v) is 13.6. The van der Waals surface area contributed by atoms with Crippen molar-refractivity contribution in [3.63, 3.8) is 0 Å². The molecule has 0 spiro atoms. The minimum absolute atomic E-state index is 0.0638. The first-order valence-corrected chi connectivity index (χ1v) is 7.30. The summed E-state index contributed by atoms with van der Waals surface area (Å²) in [5.74, 6) is 0.195. The monoisotopic (exact) mass is 369 g/mol. The van der Waals surface area contributed by atoms with E-state index in [1.54, 1.807) is 0 Å². The molecule has 0 saturated carbocycles. The first kappa shape index (κ1) is 18.1. The molecule has 0 aliphatic heterocycles. The van der Waals surface area contributed by atoms with Gasteiger partial charge < -0.3 is 15.2 Å². The Hall–Kier alpha value is -0.950. The van der Waals surface area contributed by atoms with Gasteiger partial charge in [0.15, 0.2) is 0 Å². The Balaban J connectivity index is 2.49. The lowest BCUT2D eigenvalue weighted by Gasteiger charge is -2.21. The van der Waals surface area contributed by atoms with Gasteiger partial charge >= 0.3 is 6.36 Å². The highest BCUT2D eigenvalue weighted by Gasteiger charge is 2.32. The van der Waals surface area contributed by atoms with Crippen LogP contribution in [0.1, 0.15) is 26.7 Å². The lowest BCUT2D eigenvalue weighted by Crippen LogP contribution is -2.23. The van der Waals surface area contributed by atoms with Crippen LogP contribution in [-0.4, -0.2) is 19.5 Å². The predicted molar refractivity (Wildman–Crippen MR) is 78.4 cm³/mol. The highest BCUT2D eigenvalue weighted by Crippen LogP contribution is 2.33. The first-order chi connectivity index (χ1) is 9.63. The van der Waals surface area contributed by atoms with E-state index < -0.39 is 6.36 Å². The molecule has 0 fully saturated rings. The molecule has 3 nitrogen and oxygen atoms in total. The molecule has 120 valence electrons. The van der Waals surface area contributed by atoms with Crippen molar-refractivity contribution in [2.24, 2.45) is 11.1 Å². The lowest BCUT2D eigenvalue weighted by atomic mass is 9.88. The van der Waals surface area contributed by atoms with Gasteiger partial charge in [-0.25, -0.2) is 0 Å². The van der Waals surface area contributed by atoms with E-state index in [0.717, 1.165) is 12.8 Å². The first-order valence-electron chi connectivity index (χ1n) is 6.51. The van der Waals surface area contributed by atoms with Crippen LogP contribution >= 0.6 is 15.9 Å².